The molecule has 2 rings (SSSR count). The first kappa shape index (κ1) is 15.3. The number of carbonyl (C=O) groups is 1. The van der Waals surface area contributed by atoms with Crippen LogP contribution in [0, 0.1) is 11.6 Å². The molecule has 0 atom stereocenters. The van der Waals surface area contributed by atoms with E-state index >= 15 is 0 Å². The smallest absolute Gasteiger partial charge is 0.319 e. The maximum atomic E-state index is 13.0. The number of benzene rings is 2. The predicted octanol–water partition coefficient (Wildman–Crippen LogP) is 3.98. The fourth-order valence-electron chi connectivity index (χ4n) is 1.72. The molecule has 0 fully saturated rings. The summed E-state index contributed by atoms with van der Waals surface area (Å²) >= 11 is 5.77. The average Bonchev–Trinajstić information content (AvgIpc) is 2.45. The highest BCUT2D eigenvalue weighted by molar-refractivity contribution is 6.30. The summed E-state index contributed by atoms with van der Waals surface area (Å²) < 4.78 is 25.7. The van der Waals surface area contributed by atoms with Crippen molar-refractivity contribution in [2.45, 2.75) is 6.42 Å². The van der Waals surface area contributed by atoms with E-state index < -0.39 is 17.7 Å². The van der Waals surface area contributed by atoms with Gasteiger partial charge in [0.15, 0.2) is 11.6 Å². The third-order valence-corrected chi connectivity index (χ3v) is 3.04. The van der Waals surface area contributed by atoms with E-state index in [1.165, 1.54) is 6.07 Å². The third-order valence-electron chi connectivity index (χ3n) is 2.79. The van der Waals surface area contributed by atoms with E-state index in [0.717, 1.165) is 17.7 Å². The molecule has 2 amide bonds. The Morgan fingerprint density at radius 2 is 1.76 bits per heavy atom. The van der Waals surface area contributed by atoms with Crippen molar-refractivity contribution in [3.05, 3.63) is 64.7 Å². The molecule has 0 aromatic heterocycles. The van der Waals surface area contributed by atoms with Gasteiger partial charge in [0, 0.05) is 23.3 Å². The normalized spacial score (nSPS) is 10.2. The summed E-state index contributed by atoms with van der Waals surface area (Å²) in [5.74, 6) is -1.96. The van der Waals surface area contributed by atoms with Gasteiger partial charge < -0.3 is 10.6 Å². The molecule has 2 aromatic carbocycles. The van der Waals surface area contributed by atoms with Gasteiger partial charge in [-0.25, -0.2) is 13.6 Å². The van der Waals surface area contributed by atoms with E-state index in [1.54, 1.807) is 12.1 Å². The van der Waals surface area contributed by atoms with Crippen LogP contribution in [0.1, 0.15) is 5.56 Å². The summed E-state index contributed by atoms with van der Waals surface area (Å²) in [7, 11) is 0. The van der Waals surface area contributed by atoms with Gasteiger partial charge in [-0.3, -0.25) is 0 Å². The van der Waals surface area contributed by atoms with Crippen LogP contribution in [-0.2, 0) is 6.42 Å². The Morgan fingerprint density at radius 3 is 2.43 bits per heavy atom. The van der Waals surface area contributed by atoms with Crippen LogP contribution in [0.3, 0.4) is 0 Å². The highest BCUT2D eigenvalue weighted by Crippen LogP contribution is 2.13. The molecule has 0 aliphatic heterocycles. The van der Waals surface area contributed by atoms with Gasteiger partial charge in [0.2, 0.25) is 0 Å². The quantitative estimate of drug-likeness (QED) is 0.881. The lowest BCUT2D eigenvalue weighted by atomic mass is 10.1. The summed E-state index contributed by atoms with van der Waals surface area (Å²) in [6.45, 7) is 0.414. The van der Waals surface area contributed by atoms with Gasteiger partial charge in [0.1, 0.15) is 0 Å². The molecule has 21 heavy (non-hydrogen) atoms. The van der Waals surface area contributed by atoms with Crippen LogP contribution in [0.5, 0.6) is 0 Å². The van der Waals surface area contributed by atoms with E-state index in [9.17, 15) is 13.6 Å². The first-order valence-electron chi connectivity index (χ1n) is 6.29. The van der Waals surface area contributed by atoms with Gasteiger partial charge >= 0.3 is 6.03 Å². The Hall–Kier alpha value is -2.14. The van der Waals surface area contributed by atoms with Crippen molar-refractivity contribution >= 4 is 23.3 Å². The zero-order chi connectivity index (χ0) is 15.2. The highest BCUT2D eigenvalue weighted by Gasteiger charge is 2.05. The number of hydrogen-bond donors (Lipinski definition) is 2. The number of halogens is 3. The van der Waals surface area contributed by atoms with Crippen molar-refractivity contribution in [2.24, 2.45) is 0 Å². The van der Waals surface area contributed by atoms with E-state index in [-0.39, 0.29) is 5.69 Å². The topological polar surface area (TPSA) is 41.1 Å². The Labute approximate surface area is 125 Å². The fraction of sp³-hybridized carbons (Fsp3) is 0.133. The SMILES string of the molecule is O=C(NCCc1ccc(Cl)cc1)Nc1ccc(F)c(F)c1. The van der Waals surface area contributed by atoms with Crippen molar-refractivity contribution in [3.8, 4) is 0 Å². The lowest BCUT2D eigenvalue weighted by Crippen LogP contribution is -2.30. The summed E-state index contributed by atoms with van der Waals surface area (Å²) in [4.78, 5) is 11.6. The van der Waals surface area contributed by atoms with E-state index in [4.69, 9.17) is 11.6 Å². The van der Waals surface area contributed by atoms with Gasteiger partial charge in [-0.2, -0.15) is 0 Å². The second kappa shape index (κ2) is 7.04. The van der Waals surface area contributed by atoms with Gasteiger partial charge in [0.05, 0.1) is 0 Å². The van der Waals surface area contributed by atoms with Crippen molar-refractivity contribution in [2.75, 3.05) is 11.9 Å². The molecular weight excluding hydrogens is 298 g/mol. The zero-order valence-corrected chi connectivity index (χ0v) is 11.8. The monoisotopic (exact) mass is 310 g/mol. The maximum absolute atomic E-state index is 13.0. The lowest BCUT2D eigenvalue weighted by Gasteiger charge is -2.08. The molecule has 0 aliphatic carbocycles. The molecule has 0 radical (unpaired) electrons. The molecule has 3 nitrogen and oxygen atoms in total. The first-order chi connectivity index (χ1) is 10.0. The van der Waals surface area contributed by atoms with Gasteiger partial charge in [-0.15, -0.1) is 0 Å². The molecule has 2 aromatic rings. The highest BCUT2D eigenvalue weighted by atomic mass is 35.5. The van der Waals surface area contributed by atoms with Crippen LogP contribution < -0.4 is 10.6 Å². The summed E-state index contributed by atoms with van der Waals surface area (Å²) in [6, 6.07) is 9.99. The Kier molecular flexibility index (Phi) is 5.11. The molecule has 110 valence electrons. The van der Waals surface area contributed by atoms with Crippen molar-refractivity contribution < 1.29 is 13.6 Å². The molecule has 0 saturated heterocycles. The number of urea groups is 1. The summed E-state index contributed by atoms with van der Waals surface area (Å²) in [5, 5.41) is 5.71. The van der Waals surface area contributed by atoms with E-state index in [1.807, 2.05) is 12.1 Å². The number of nitrogens with one attached hydrogen (secondary N) is 2. The minimum Gasteiger partial charge on any atom is -0.338 e. The molecule has 0 unspecified atom stereocenters. The molecule has 0 bridgehead atoms. The van der Waals surface area contributed by atoms with Crippen LogP contribution >= 0.6 is 11.6 Å². The first-order valence-corrected chi connectivity index (χ1v) is 6.67. The van der Waals surface area contributed by atoms with Crippen LogP contribution in [0.25, 0.3) is 0 Å². The lowest BCUT2D eigenvalue weighted by molar-refractivity contribution is 0.252. The van der Waals surface area contributed by atoms with Gasteiger partial charge in [-0.05, 0) is 36.2 Å². The number of carbonyl (C=O) groups excluding carboxylic acids is 1. The van der Waals surface area contributed by atoms with Crippen LogP contribution in [0.2, 0.25) is 5.02 Å². The molecule has 0 aliphatic rings. The average molecular weight is 311 g/mol. The fourth-order valence-corrected chi connectivity index (χ4v) is 1.85. The molecule has 0 saturated carbocycles. The molecule has 2 N–H and O–H groups in total. The molecule has 0 heterocycles. The predicted molar refractivity (Wildman–Crippen MR) is 78.5 cm³/mol. The van der Waals surface area contributed by atoms with Gasteiger partial charge in [-0.1, -0.05) is 23.7 Å². The van der Waals surface area contributed by atoms with E-state index in [0.29, 0.717) is 18.0 Å². The minimum atomic E-state index is -1.01. The largest absolute Gasteiger partial charge is 0.338 e. The van der Waals surface area contributed by atoms with Crippen molar-refractivity contribution in [1.82, 2.24) is 5.32 Å². The van der Waals surface area contributed by atoms with Crippen LogP contribution in [-0.4, -0.2) is 12.6 Å². The Bertz CT molecular complexity index is 632. The number of hydrogen-bond acceptors (Lipinski definition) is 1. The molecule has 0 spiro atoms. The van der Waals surface area contributed by atoms with Gasteiger partial charge in [0.25, 0.3) is 0 Å². The third kappa shape index (κ3) is 4.72. The summed E-state index contributed by atoms with van der Waals surface area (Å²) in [5.41, 5.74) is 1.23. The standard InChI is InChI=1S/C15H13ClF2N2O/c16-11-3-1-10(2-4-11)7-8-19-15(21)20-12-5-6-13(17)14(18)9-12/h1-6,9H,7-8H2,(H2,19,20,21). The number of rotatable bonds is 4. The Morgan fingerprint density at radius 1 is 1.05 bits per heavy atom. The maximum Gasteiger partial charge on any atom is 0.319 e. The summed E-state index contributed by atoms with van der Waals surface area (Å²) in [6.07, 6.45) is 0.641. The zero-order valence-electron chi connectivity index (χ0n) is 11.0. The Balaban J connectivity index is 1.79. The molecular formula is C15H13ClF2N2O. The van der Waals surface area contributed by atoms with Crippen LogP contribution in [0.4, 0.5) is 19.3 Å². The second-order valence-electron chi connectivity index (χ2n) is 4.39. The van der Waals surface area contributed by atoms with Crippen molar-refractivity contribution in [3.63, 3.8) is 0 Å². The number of amides is 2. The van der Waals surface area contributed by atoms with Crippen LogP contribution in [0.15, 0.2) is 42.5 Å². The minimum absolute atomic E-state index is 0.192. The van der Waals surface area contributed by atoms with E-state index in [2.05, 4.69) is 10.6 Å². The van der Waals surface area contributed by atoms with Crippen molar-refractivity contribution in [1.29, 1.82) is 0 Å². The molecule has 6 heteroatoms. The number of anilines is 1. The second-order valence-corrected chi connectivity index (χ2v) is 4.82.